The van der Waals surface area contributed by atoms with Gasteiger partial charge >= 0.3 is 6.03 Å². The highest BCUT2D eigenvalue weighted by Gasteiger charge is 2.17. The van der Waals surface area contributed by atoms with Gasteiger partial charge in [0.2, 0.25) is 0 Å². The first-order valence-corrected chi connectivity index (χ1v) is 8.98. The summed E-state index contributed by atoms with van der Waals surface area (Å²) in [5.74, 6) is -0.882. The van der Waals surface area contributed by atoms with Crippen LogP contribution >= 0.6 is 22.9 Å². The third kappa shape index (κ3) is 5.02. The van der Waals surface area contributed by atoms with Crippen molar-refractivity contribution in [1.82, 2.24) is 4.98 Å². The quantitative estimate of drug-likeness (QED) is 0.563. The second-order valence-corrected chi connectivity index (χ2v) is 6.92. The van der Waals surface area contributed by atoms with Crippen LogP contribution in [0.2, 0.25) is 5.02 Å². The molecule has 138 valence electrons. The van der Waals surface area contributed by atoms with Gasteiger partial charge in [-0.25, -0.2) is 14.2 Å². The van der Waals surface area contributed by atoms with Gasteiger partial charge in [-0.3, -0.25) is 10.1 Å². The molecule has 9 heteroatoms. The number of urea groups is 1. The van der Waals surface area contributed by atoms with E-state index in [1.54, 1.807) is 37.3 Å². The van der Waals surface area contributed by atoms with E-state index in [4.69, 9.17) is 11.6 Å². The molecular weight excluding hydrogens is 391 g/mol. The van der Waals surface area contributed by atoms with Gasteiger partial charge in [-0.2, -0.15) is 0 Å². The molecule has 6 nitrogen and oxygen atoms in total. The number of benzene rings is 2. The topological polar surface area (TPSA) is 83.1 Å². The maximum Gasteiger partial charge on any atom is 0.325 e. The van der Waals surface area contributed by atoms with E-state index in [9.17, 15) is 14.0 Å². The maximum absolute atomic E-state index is 13.2. The van der Waals surface area contributed by atoms with Gasteiger partial charge in [0.25, 0.3) is 5.91 Å². The highest BCUT2D eigenvalue weighted by molar-refractivity contribution is 7.17. The fraction of sp³-hybridized carbons (Fsp3) is 0.0556. The Labute approximate surface area is 163 Å². The summed E-state index contributed by atoms with van der Waals surface area (Å²) in [4.78, 5) is 28.9. The Morgan fingerprint density at radius 2 is 1.74 bits per heavy atom. The predicted octanol–water partition coefficient (Wildman–Crippen LogP) is 5.14. The lowest BCUT2D eigenvalue weighted by Gasteiger charge is -2.05. The Hall–Kier alpha value is -2.97. The highest BCUT2D eigenvalue weighted by atomic mass is 35.5. The molecular formula is C18H14ClFN4O2S. The van der Waals surface area contributed by atoms with Gasteiger partial charge in [0.15, 0.2) is 5.13 Å². The molecule has 1 aromatic heterocycles. The van der Waals surface area contributed by atoms with Crippen molar-refractivity contribution in [3.8, 4) is 0 Å². The number of hydrogen-bond donors (Lipinski definition) is 3. The first-order chi connectivity index (χ1) is 12.9. The third-order valence-corrected chi connectivity index (χ3v) is 4.69. The molecule has 0 bridgehead atoms. The van der Waals surface area contributed by atoms with Crippen LogP contribution in [0.1, 0.15) is 15.4 Å². The van der Waals surface area contributed by atoms with Gasteiger partial charge in [-0.05, 0) is 43.3 Å². The Morgan fingerprint density at radius 1 is 1.04 bits per heavy atom. The SMILES string of the molecule is Cc1nc(NC(=O)Nc2cccc(Cl)c2)sc1C(=O)Nc1cccc(F)c1. The molecule has 1 heterocycles. The molecule has 3 rings (SSSR count). The smallest absolute Gasteiger partial charge is 0.321 e. The number of anilines is 3. The van der Waals surface area contributed by atoms with Crippen LogP contribution < -0.4 is 16.0 Å². The number of carbonyl (C=O) groups excluding carboxylic acids is 2. The van der Waals surface area contributed by atoms with Crippen LogP contribution in [0, 0.1) is 12.7 Å². The van der Waals surface area contributed by atoms with Gasteiger partial charge in [0, 0.05) is 16.4 Å². The van der Waals surface area contributed by atoms with Gasteiger partial charge in [0.05, 0.1) is 5.69 Å². The summed E-state index contributed by atoms with van der Waals surface area (Å²) in [6.07, 6.45) is 0. The molecule has 0 radical (unpaired) electrons. The number of amides is 3. The Morgan fingerprint density at radius 3 is 2.44 bits per heavy atom. The normalized spacial score (nSPS) is 10.3. The first-order valence-electron chi connectivity index (χ1n) is 7.78. The van der Waals surface area contributed by atoms with E-state index >= 15 is 0 Å². The van der Waals surface area contributed by atoms with Crippen LogP contribution in [0.3, 0.4) is 0 Å². The number of halogens is 2. The summed E-state index contributed by atoms with van der Waals surface area (Å²) in [6, 6.07) is 11.8. The lowest BCUT2D eigenvalue weighted by Crippen LogP contribution is -2.19. The van der Waals surface area contributed by atoms with E-state index in [0.29, 0.717) is 27.0 Å². The summed E-state index contributed by atoms with van der Waals surface area (Å²) in [5.41, 5.74) is 1.31. The third-order valence-electron chi connectivity index (χ3n) is 3.39. The Balaban J connectivity index is 1.66. The number of rotatable bonds is 4. The molecule has 2 aromatic carbocycles. The zero-order valence-electron chi connectivity index (χ0n) is 14.0. The van der Waals surface area contributed by atoms with Crippen molar-refractivity contribution in [1.29, 1.82) is 0 Å². The van der Waals surface area contributed by atoms with Crippen molar-refractivity contribution in [2.45, 2.75) is 6.92 Å². The molecule has 3 aromatic rings. The second kappa shape index (κ2) is 8.15. The fourth-order valence-corrected chi connectivity index (χ4v) is 3.29. The minimum absolute atomic E-state index is 0.261. The van der Waals surface area contributed by atoms with Gasteiger partial charge in [-0.1, -0.05) is 35.1 Å². The number of nitrogens with one attached hydrogen (secondary N) is 3. The van der Waals surface area contributed by atoms with Crippen LogP contribution in [0.4, 0.5) is 25.7 Å². The highest BCUT2D eigenvalue weighted by Crippen LogP contribution is 2.24. The standard InChI is InChI=1S/C18H14ClFN4O2S/c1-10-15(16(25)22-14-7-3-5-12(20)9-14)27-18(21-10)24-17(26)23-13-6-2-4-11(19)8-13/h2-9H,1H3,(H,22,25)(H2,21,23,24,26). The molecule has 0 aliphatic rings. The zero-order valence-corrected chi connectivity index (χ0v) is 15.6. The summed E-state index contributed by atoms with van der Waals surface area (Å²) >= 11 is 6.89. The maximum atomic E-state index is 13.2. The summed E-state index contributed by atoms with van der Waals surface area (Å²) in [5, 5.41) is 8.55. The van der Waals surface area contributed by atoms with E-state index < -0.39 is 17.8 Å². The van der Waals surface area contributed by atoms with E-state index in [1.165, 1.54) is 18.2 Å². The largest absolute Gasteiger partial charge is 0.325 e. The van der Waals surface area contributed by atoms with Crippen molar-refractivity contribution in [3.63, 3.8) is 0 Å². The number of aryl methyl sites for hydroxylation is 1. The van der Waals surface area contributed by atoms with Crippen LogP contribution in [0.15, 0.2) is 48.5 Å². The summed E-state index contributed by atoms with van der Waals surface area (Å²) in [7, 11) is 0. The van der Waals surface area contributed by atoms with E-state index in [1.807, 2.05) is 0 Å². The first kappa shape index (κ1) is 18.8. The Kier molecular flexibility index (Phi) is 5.68. The van der Waals surface area contributed by atoms with Gasteiger partial charge in [0.1, 0.15) is 10.7 Å². The minimum atomic E-state index is -0.511. The monoisotopic (exact) mass is 404 g/mol. The molecule has 0 atom stereocenters. The van der Waals surface area contributed by atoms with Crippen LogP contribution in [-0.4, -0.2) is 16.9 Å². The summed E-state index contributed by atoms with van der Waals surface area (Å²) in [6.45, 7) is 1.65. The molecule has 3 N–H and O–H groups in total. The van der Waals surface area contributed by atoms with Crippen molar-refractivity contribution in [3.05, 3.63) is 69.9 Å². The molecule has 27 heavy (non-hydrogen) atoms. The second-order valence-electron chi connectivity index (χ2n) is 5.49. The molecule has 0 spiro atoms. The average Bonchev–Trinajstić information content (AvgIpc) is 2.95. The molecule has 0 aliphatic carbocycles. The van der Waals surface area contributed by atoms with E-state index in [0.717, 1.165) is 11.3 Å². The van der Waals surface area contributed by atoms with E-state index in [-0.39, 0.29) is 5.13 Å². The fourth-order valence-electron chi connectivity index (χ4n) is 2.24. The molecule has 0 saturated heterocycles. The van der Waals surface area contributed by atoms with Crippen LogP contribution in [0.5, 0.6) is 0 Å². The lowest BCUT2D eigenvalue weighted by atomic mass is 10.3. The number of thiazole rings is 1. The average molecular weight is 405 g/mol. The van der Waals surface area contributed by atoms with Crippen molar-refractivity contribution in [2.24, 2.45) is 0 Å². The molecule has 0 aliphatic heterocycles. The summed E-state index contributed by atoms with van der Waals surface area (Å²) < 4.78 is 13.2. The molecule has 0 unspecified atom stereocenters. The van der Waals surface area contributed by atoms with Gasteiger partial charge in [-0.15, -0.1) is 0 Å². The number of nitrogens with zero attached hydrogens (tertiary/aromatic N) is 1. The Bertz CT molecular complexity index is 1010. The number of aromatic nitrogens is 1. The van der Waals surface area contributed by atoms with Crippen molar-refractivity contribution in [2.75, 3.05) is 16.0 Å². The molecule has 0 fully saturated rings. The number of carbonyl (C=O) groups is 2. The lowest BCUT2D eigenvalue weighted by molar-refractivity contribution is 0.103. The predicted molar refractivity (Wildman–Crippen MR) is 105 cm³/mol. The van der Waals surface area contributed by atoms with Crippen LogP contribution in [0.25, 0.3) is 0 Å². The van der Waals surface area contributed by atoms with Crippen LogP contribution in [-0.2, 0) is 0 Å². The number of hydrogen-bond acceptors (Lipinski definition) is 4. The van der Waals surface area contributed by atoms with Crippen molar-refractivity contribution >= 4 is 51.4 Å². The van der Waals surface area contributed by atoms with Gasteiger partial charge < -0.3 is 10.6 Å². The van der Waals surface area contributed by atoms with Crippen molar-refractivity contribution < 1.29 is 14.0 Å². The molecule has 3 amide bonds. The minimum Gasteiger partial charge on any atom is -0.321 e. The molecule has 0 saturated carbocycles. The van der Waals surface area contributed by atoms with E-state index in [2.05, 4.69) is 20.9 Å². The zero-order chi connectivity index (χ0) is 19.4.